The minimum absolute atomic E-state index is 0.0379. The molecule has 0 radical (unpaired) electrons. The number of carbonyl (C=O) groups is 1. The summed E-state index contributed by atoms with van der Waals surface area (Å²) in [6.07, 6.45) is 0. The molecule has 150 valence electrons. The molecule has 0 atom stereocenters. The molecule has 3 rings (SSSR count). The van der Waals surface area contributed by atoms with Gasteiger partial charge in [0, 0.05) is 25.3 Å². The van der Waals surface area contributed by atoms with E-state index in [1.807, 2.05) is 19.0 Å². The van der Waals surface area contributed by atoms with Gasteiger partial charge in [-0.2, -0.15) is 8.42 Å². The van der Waals surface area contributed by atoms with Gasteiger partial charge in [0.15, 0.2) is 0 Å². The second-order valence-electron chi connectivity index (χ2n) is 6.82. The van der Waals surface area contributed by atoms with Crippen molar-refractivity contribution in [2.24, 2.45) is 5.73 Å². The van der Waals surface area contributed by atoms with Gasteiger partial charge in [-0.05, 0) is 46.7 Å². The van der Waals surface area contributed by atoms with Crippen LogP contribution in [0.3, 0.4) is 0 Å². The number of nitrogens with two attached hydrogens (primary N) is 1. The normalized spacial score (nSPS) is 11.2. The highest BCUT2D eigenvalue weighted by atomic mass is 32.2. The van der Waals surface area contributed by atoms with Crippen molar-refractivity contribution in [3.05, 3.63) is 77.4 Å². The summed E-state index contributed by atoms with van der Waals surface area (Å²) in [7, 11) is -0.386. The first-order valence-electron chi connectivity index (χ1n) is 8.75. The van der Waals surface area contributed by atoms with Crippen molar-refractivity contribution in [3.8, 4) is 0 Å². The van der Waals surface area contributed by atoms with Crippen molar-refractivity contribution in [1.29, 1.82) is 5.41 Å². The number of hydrogen-bond acceptors (Lipinski definition) is 6. The maximum atomic E-state index is 12.3. The molecule has 0 bridgehead atoms. The maximum absolute atomic E-state index is 12.3. The zero-order valence-corrected chi connectivity index (χ0v) is 16.9. The molecule has 7 nitrogen and oxygen atoms in total. The Balaban J connectivity index is 1.75. The van der Waals surface area contributed by atoms with Gasteiger partial charge in [-0.3, -0.25) is 5.41 Å². The predicted molar refractivity (Wildman–Crippen MR) is 114 cm³/mol. The number of amidine groups is 1. The number of anilines is 1. The Bertz CT molecular complexity index is 1190. The summed E-state index contributed by atoms with van der Waals surface area (Å²) in [5.41, 5.74) is 7.61. The van der Waals surface area contributed by atoms with Gasteiger partial charge in [-0.15, -0.1) is 0 Å². The van der Waals surface area contributed by atoms with Crippen LogP contribution in [0.5, 0.6) is 0 Å². The standard InChI is InChI=1S/C21H21N3O4S/c1-24(2)19-9-7-15(8-10-19)21(25)28-29(26,27)13-14-3-4-17-12-18(20(22)23)6-5-16(17)11-14/h3-12H,13H2,1-2H3,(H3,22,23). The molecule has 0 aliphatic carbocycles. The quantitative estimate of drug-likeness (QED) is 0.366. The van der Waals surface area contributed by atoms with Crippen LogP contribution in [-0.2, 0) is 20.1 Å². The van der Waals surface area contributed by atoms with E-state index < -0.39 is 21.8 Å². The predicted octanol–water partition coefficient (Wildman–Crippen LogP) is 2.88. The molecule has 3 N–H and O–H groups in total. The first-order chi connectivity index (χ1) is 13.6. The van der Waals surface area contributed by atoms with E-state index >= 15 is 0 Å². The molecule has 8 heteroatoms. The number of rotatable bonds is 6. The SMILES string of the molecule is CN(C)c1ccc(C(=O)OS(=O)(=O)Cc2ccc3cc(C(=N)N)ccc3c2)cc1. The van der Waals surface area contributed by atoms with Crippen molar-refractivity contribution in [3.63, 3.8) is 0 Å². The lowest BCUT2D eigenvalue weighted by atomic mass is 10.0. The minimum Gasteiger partial charge on any atom is -0.384 e. The van der Waals surface area contributed by atoms with Crippen molar-refractivity contribution >= 4 is 38.4 Å². The Labute approximate surface area is 169 Å². The number of carbonyl (C=O) groups excluding carboxylic acids is 1. The van der Waals surface area contributed by atoms with Gasteiger partial charge in [0.05, 0.1) is 5.56 Å². The topological polar surface area (TPSA) is 114 Å². The Morgan fingerprint density at radius 1 is 0.966 bits per heavy atom. The Morgan fingerprint density at radius 3 is 2.17 bits per heavy atom. The number of nitrogens with one attached hydrogen (secondary N) is 1. The van der Waals surface area contributed by atoms with Crippen LogP contribution in [0.2, 0.25) is 0 Å². The van der Waals surface area contributed by atoms with Gasteiger partial charge >= 0.3 is 16.1 Å². The van der Waals surface area contributed by atoms with Gasteiger partial charge in [-0.1, -0.05) is 30.3 Å². The molecule has 0 amide bonds. The lowest BCUT2D eigenvalue weighted by Crippen LogP contribution is -2.15. The summed E-state index contributed by atoms with van der Waals surface area (Å²) in [4.78, 5) is 14.1. The molecule has 0 saturated heterocycles. The molecule has 3 aromatic rings. The van der Waals surface area contributed by atoms with Gasteiger partial charge in [0.2, 0.25) is 0 Å². The van der Waals surface area contributed by atoms with E-state index in [0.29, 0.717) is 11.1 Å². The number of nitrogens with zero attached hydrogens (tertiary/aromatic N) is 1. The number of hydrogen-bond donors (Lipinski definition) is 2. The van der Waals surface area contributed by atoms with E-state index in [1.54, 1.807) is 48.5 Å². The Kier molecular flexibility index (Phi) is 5.56. The molecule has 29 heavy (non-hydrogen) atoms. The molecule has 0 aromatic heterocycles. The van der Waals surface area contributed by atoms with Gasteiger partial charge in [0.25, 0.3) is 0 Å². The first kappa shape index (κ1) is 20.3. The molecule has 0 saturated carbocycles. The highest BCUT2D eigenvalue weighted by Gasteiger charge is 2.20. The van der Waals surface area contributed by atoms with Crippen molar-refractivity contribution in [2.75, 3.05) is 19.0 Å². The zero-order valence-electron chi connectivity index (χ0n) is 16.0. The van der Waals surface area contributed by atoms with Crippen LogP contribution in [-0.4, -0.2) is 34.3 Å². The lowest BCUT2D eigenvalue weighted by molar-refractivity contribution is 0.0746. The molecular formula is C21H21N3O4S. The fourth-order valence-electron chi connectivity index (χ4n) is 2.85. The second-order valence-corrected chi connectivity index (χ2v) is 8.39. The molecule has 0 spiro atoms. The fourth-order valence-corrected chi connectivity index (χ4v) is 3.82. The van der Waals surface area contributed by atoms with E-state index in [-0.39, 0.29) is 11.4 Å². The highest BCUT2D eigenvalue weighted by molar-refractivity contribution is 7.86. The van der Waals surface area contributed by atoms with Crippen LogP contribution < -0.4 is 10.6 Å². The number of nitrogen functional groups attached to an aromatic ring is 1. The lowest BCUT2D eigenvalue weighted by Gasteiger charge is -2.12. The van der Waals surface area contributed by atoms with Crippen molar-refractivity contribution in [2.45, 2.75) is 5.75 Å². The van der Waals surface area contributed by atoms with Crippen LogP contribution in [0.15, 0.2) is 60.7 Å². The third kappa shape index (κ3) is 4.91. The van der Waals surface area contributed by atoms with Gasteiger partial charge in [-0.25, -0.2) is 4.79 Å². The summed E-state index contributed by atoms with van der Waals surface area (Å²) in [6, 6.07) is 16.8. The van der Waals surface area contributed by atoms with Gasteiger partial charge in [0.1, 0.15) is 11.6 Å². The Morgan fingerprint density at radius 2 is 1.55 bits per heavy atom. The molecule has 0 unspecified atom stereocenters. The summed E-state index contributed by atoms with van der Waals surface area (Å²) in [5, 5.41) is 9.12. The van der Waals surface area contributed by atoms with E-state index in [1.165, 1.54) is 12.1 Å². The van der Waals surface area contributed by atoms with E-state index in [2.05, 4.69) is 0 Å². The average Bonchev–Trinajstić information content (AvgIpc) is 2.66. The van der Waals surface area contributed by atoms with Crippen LogP contribution in [0.1, 0.15) is 21.5 Å². The van der Waals surface area contributed by atoms with Crippen molar-refractivity contribution in [1.82, 2.24) is 0 Å². The highest BCUT2D eigenvalue weighted by Crippen LogP contribution is 2.20. The molecule has 0 aliphatic rings. The molecular weight excluding hydrogens is 390 g/mol. The summed E-state index contributed by atoms with van der Waals surface area (Å²) >= 11 is 0. The fraction of sp³-hybridized carbons (Fsp3) is 0.143. The van der Waals surface area contributed by atoms with Gasteiger partial charge < -0.3 is 14.8 Å². The zero-order chi connectivity index (χ0) is 21.2. The van der Waals surface area contributed by atoms with E-state index in [4.69, 9.17) is 15.3 Å². The van der Waals surface area contributed by atoms with Crippen LogP contribution >= 0.6 is 0 Å². The number of benzene rings is 3. The molecule has 0 heterocycles. The third-order valence-corrected chi connectivity index (χ3v) is 5.47. The van der Waals surface area contributed by atoms with E-state index in [0.717, 1.165) is 16.5 Å². The number of fused-ring (bicyclic) bond motifs is 1. The van der Waals surface area contributed by atoms with Crippen LogP contribution in [0.4, 0.5) is 5.69 Å². The van der Waals surface area contributed by atoms with Crippen LogP contribution in [0.25, 0.3) is 10.8 Å². The Hall–Kier alpha value is -3.39. The first-order valence-corrected chi connectivity index (χ1v) is 10.3. The molecule has 0 fully saturated rings. The third-order valence-electron chi connectivity index (χ3n) is 4.38. The molecule has 0 aliphatic heterocycles. The van der Waals surface area contributed by atoms with E-state index in [9.17, 15) is 13.2 Å². The monoisotopic (exact) mass is 411 g/mol. The summed E-state index contributed by atoms with van der Waals surface area (Å²) in [5.74, 6) is -1.38. The largest absolute Gasteiger partial charge is 0.384 e. The van der Waals surface area contributed by atoms with Crippen molar-refractivity contribution < 1.29 is 17.4 Å². The molecule has 3 aromatic carbocycles. The summed E-state index contributed by atoms with van der Waals surface area (Å²) < 4.78 is 29.5. The summed E-state index contributed by atoms with van der Waals surface area (Å²) in [6.45, 7) is 0. The average molecular weight is 411 g/mol. The second kappa shape index (κ2) is 7.92. The maximum Gasteiger partial charge on any atom is 0.353 e. The smallest absolute Gasteiger partial charge is 0.353 e. The minimum atomic E-state index is -4.11. The van der Waals surface area contributed by atoms with Crippen LogP contribution in [0, 0.1) is 5.41 Å².